The molecule has 0 spiro atoms. The van der Waals surface area contributed by atoms with E-state index in [4.69, 9.17) is 0 Å². The van der Waals surface area contributed by atoms with E-state index < -0.39 is 0 Å². The normalized spacial score (nSPS) is 14.6. The second kappa shape index (κ2) is 13.9. The largest absolute Gasteiger partial charge is 0.507 e. The molecule has 2 aromatic carbocycles. The van der Waals surface area contributed by atoms with Crippen LogP contribution in [0, 0.1) is 30.6 Å². The van der Waals surface area contributed by atoms with Crippen molar-refractivity contribution in [3.05, 3.63) is 35.4 Å². The Kier molecular flexibility index (Phi) is 11.6. The maximum atomic E-state index is 10.8. The lowest BCUT2D eigenvalue weighted by molar-refractivity contribution is 0.374. The fraction of sp³-hybridized carbons (Fsp3) is 0.677. The summed E-state index contributed by atoms with van der Waals surface area (Å²) in [7, 11) is 0. The van der Waals surface area contributed by atoms with E-state index in [9.17, 15) is 10.2 Å². The Morgan fingerprint density at radius 2 is 1.03 bits per heavy atom. The van der Waals surface area contributed by atoms with E-state index in [0.29, 0.717) is 17.4 Å². The van der Waals surface area contributed by atoms with Gasteiger partial charge < -0.3 is 10.2 Å². The molecule has 2 rings (SSSR count). The summed E-state index contributed by atoms with van der Waals surface area (Å²) in [6, 6.07) is 7.58. The summed E-state index contributed by atoms with van der Waals surface area (Å²) >= 11 is 0. The Labute approximate surface area is 203 Å². The number of aromatic hydroxyl groups is 2. The quantitative estimate of drug-likeness (QED) is 0.263. The summed E-state index contributed by atoms with van der Waals surface area (Å²) in [5.41, 5.74) is 1.74. The van der Waals surface area contributed by atoms with E-state index in [0.717, 1.165) is 52.5 Å². The molecule has 0 aromatic heterocycles. The first-order valence-corrected chi connectivity index (χ1v) is 13.6. The van der Waals surface area contributed by atoms with E-state index in [-0.39, 0.29) is 0 Å². The van der Waals surface area contributed by atoms with Gasteiger partial charge in [-0.15, -0.1) is 0 Å². The standard InChI is InChI=1S/C31H50O2/c1-22(2)12-9-13-23(3)14-10-15-24(4)16-11-17-25(5)20-21-27-26(6)30(32)28-18-7-8-19-29(28)31(27)33/h7-8,18-19,22-25,32-33H,9-17,20-21H2,1-6H3/t23-,24-,25?/m1/s1. The van der Waals surface area contributed by atoms with E-state index in [1.807, 2.05) is 31.2 Å². The highest BCUT2D eigenvalue weighted by atomic mass is 16.3. The highest BCUT2D eigenvalue weighted by Gasteiger charge is 2.16. The molecule has 0 heterocycles. The van der Waals surface area contributed by atoms with Gasteiger partial charge in [-0.2, -0.15) is 0 Å². The monoisotopic (exact) mass is 454 g/mol. The summed E-state index contributed by atoms with van der Waals surface area (Å²) < 4.78 is 0. The van der Waals surface area contributed by atoms with Gasteiger partial charge in [-0.05, 0) is 49.0 Å². The molecule has 0 aliphatic carbocycles. The third-order valence-electron chi connectivity index (χ3n) is 7.68. The third kappa shape index (κ3) is 8.87. The van der Waals surface area contributed by atoms with Crippen molar-refractivity contribution in [1.82, 2.24) is 0 Å². The topological polar surface area (TPSA) is 40.5 Å². The minimum absolute atomic E-state index is 0.314. The number of benzene rings is 2. The minimum Gasteiger partial charge on any atom is -0.507 e. The Morgan fingerprint density at radius 1 is 0.606 bits per heavy atom. The third-order valence-corrected chi connectivity index (χ3v) is 7.68. The Hall–Kier alpha value is -1.70. The predicted molar refractivity (Wildman–Crippen MR) is 144 cm³/mol. The smallest absolute Gasteiger partial charge is 0.127 e. The van der Waals surface area contributed by atoms with Crippen molar-refractivity contribution in [2.75, 3.05) is 0 Å². The highest BCUT2D eigenvalue weighted by molar-refractivity contribution is 5.95. The number of phenols is 2. The molecule has 2 nitrogen and oxygen atoms in total. The van der Waals surface area contributed by atoms with Crippen molar-refractivity contribution < 1.29 is 10.2 Å². The van der Waals surface area contributed by atoms with E-state index in [1.165, 1.54) is 57.8 Å². The van der Waals surface area contributed by atoms with Crippen LogP contribution in [-0.4, -0.2) is 10.2 Å². The van der Waals surface area contributed by atoms with Crippen molar-refractivity contribution >= 4 is 10.8 Å². The van der Waals surface area contributed by atoms with Crippen LogP contribution in [0.5, 0.6) is 11.5 Å². The highest BCUT2D eigenvalue weighted by Crippen LogP contribution is 2.40. The SMILES string of the molecule is Cc1c(CCC(C)CCC[C@H](C)CCC[C@H](C)CCCC(C)C)c(O)c2ccccc2c1O. The van der Waals surface area contributed by atoms with Crippen LogP contribution < -0.4 is 0 Å². The Morgan fingerprint density at radius 3 is 1.52 bits per heavy atom. The van der Waals surface area contributed by atoms with Gasteiger partial charge in [-0.3, -0.25) is 0 Å². The maximum absolute atomic E-state index is 10.8. The average Bonchev–Trinajstić information content (AvgIpc) is 2.77. The van der Waals surface area contributed by atoms with Crippen LogP contribution in [0.25, 0.3) is 10.8 Å². The molecule has 0 amide bonds. The fourth-order valence-corrected chi connectivity index (χ4v) is 5.21. The van der Waals surface area contributed by atoms with E-state index in [2.05, 4.69) is 34.6 Å². The molecule has 1 unspecified atom stereocenters. The summed E-state index contributed by atoms with van der Waals surface area (Å²) in [6.07, 6.45) is 14.0. The molecule has 2 N–H and O–H groups in total. The van der Waals surface area contributed by atoms with Crippen LogP contribution in [0.1, 0.15) is 110 Å². The van der Waals surface area contributed by atoms with E-state index in [1.54, 1.807) is 0 Å². The van der Waals surface area contributed by atoms with Gasteiger partial charge in [0.15, 0.2) is 0 Å². The molecular weight excluding hydrogens is 404 g/mol. The van der Waals surface area contributed by atoms with Crippen LogP contribution in [0.4, 0.5) is 0 Å². The lowest BCUT2D eigenvalue weighted by Gasteiger charge is -2.18. The number of hydrogen-bond acceptors (Lipinski definition) is 2. The van der Waals surface area contributed by atoms with E-state index >= 15 is 0 Å². The van der Waals surface area contributed by atoms with Crippen LogP contribution >= 0.6 is 0 Å². The van der Waals surface area contributed by atoms with Crippen LogP contribution in [0.15, 0.2) is 24.3 Å². The number of rotatable bonds is 15. The first-order valence-electron chi connectivity index (χ1n) is 13.6. The molecule has 186 valence electrons. The molecule has 0 aliphatic heterocycles. The molecule has 33 heavy (non-hydrogen) atoms. The van der Waals surface area contributed by atoms with Gasteiger partial charge in [0, 0.05) is 16.3 Å². The number of hydrogen-bond donors (Lipinski definition) is 2. The predicted octanol–water partition coefficient (Wildman–Crippen LogP) is 9.57. The van der Waals surface area contributed by atoms with Crippen molar-refractivity contribution in [3.8, 4) is 11.5 Å². The molecule has 0 saturated carbocycles. The zero-order chi connectivity index (χ0) is 24.4. The zero-order valence-corrected chi connectivity index (χ0v) is 22.3. The van der Waals surface area contributed by atoms with Crippen molar-refractivity contribution in [2.24, 2.45) is 23.7 Å². The second-order valence-electron chi connectivity index (χ2n) is 11.4. The lowest BCUT2D eigenvalue weighted by Crippen LogP contribution is -2.03. The molecule has 2 aromatic rings. The molecule has 0 saturated heterocycles. The summed E-state index contributed by atoms with van der Waals surface area (Å²) in [5.74, 6) is 3.84. The molecule has 0 fully saturated rings. The molecule has 0 bridgehead atoms. The molecule has 2 heteroatoms. The van der Waals surface area contributed by atoms with Gasteiger partial charge >= 0.3 is 0 Å². The van der Waals surface area contributed by atoms with Crippen LogP contribution in [0.3, 0.4) is 0 Å². The molecular formula is C31H50O2. The average molecular weight is 455 g/mol. The van der Waals surface area contributed by atoms with Gasteiger partial charge in [0.25, 0.3) is 0 Å². The number of fused-ring (bicyclic) bond motifs is 1. The van der Waals surface area contributed by atoms with Gasteiger partial charge in [0.05, 0.1) is 0 Å². The van der Waals surface area contributed by atoms with Crippen molar-refractivity contribution in [1.29, 1.82) is 0 Å². The zero-order valence-electron chi connectivity index (χ0n) is 22.3. The first-order chi connectivity index (χ1) is 15.7. The molecule has 0 radical (unpaired) electrons. The first kappa shape index (κ1) is 27.5. The summed E-state index contributed by atoms with van der Waals surface area (Å²) in [4.78, 5) is 0. The van der Waals surface area contributed by atoms with Gasteiger partial charge in [0.1, 0.15) is 11.5 Å². The van der Waals surface area contributed by atoms with Crippen molar-refractivity contribution in [3.63, 3.8) is 0 Å². The van der Waals surface area contributed by atoms with Gasteiger partial charge in [-0.25, -0.2) is 0 Å². The fourth-order valence-electron chi connectivity index (χ4n) is 5.21. The molecule has 3 atom stereocenters. The van der Waals surface area contributed by atoms with Crippen LogP contribution in [-0.2, 0) is 6.42 Å². The van der Waals surface area contributed by atoms with Crippen LogP contribution in [0.2, 0.25) is 0 Å². The summed E-state index contributed by atoms with van der Waals surface area (Å²) in [6.45, 7) is 13.8. The lowest BCUT2D eigenvalue weighted by atomic mass is 9.89. The van der Waals surface area contributed by atoms with Gasteiger partial charge in [0.2, 0.25) is 0 Å². The molecule has 0 aliphatic rings. The Balaban J connectivity index is 1.68. The second-order valence-corrected chi connectivity index (χ2v) is 11.4. The number of phenolic OH excluding ortho intramolecular Hbond substituents is 2. The van der Waals surface area contributed by atoms with Crippen molar-refractivity contribution in [2.45, 2.75) is 112 Å². The van der Waals surface area contributed by atoms with Gasteiger partial charge in [-0.1, -0.05) is 117 Å². The Bertz CT molecular complexity index is 838. The minimum atomic E-state index is 0.314. The maximum Gasteiger partial charge on any atom is 0.127 e. The summed E-state index contributed by atoms with van der Waals surface area (Å²) in [5, 5.41) is 22.9.